The Hall–Kier alpha value is -1.85. The number of nitrogens with two attached hydrogens (primary N) is 1. The summed E-state index contributed by atoms with van der Waals surface area (Å²) in [5, 5.41) is 2.87. The third-order valence-electron chi connectivity index (χ3n) is 3.47. The molecule has 0 radical (unpaired) electrons. The molecule has 23 heavy (non-hydrogen) atoms. The van der Waals surface area contributed by atoms with Gasteiger partial charge in [0.2, 0.25) is 5.91 Å². The molecule has 1 heterocycles. The highest BCUT2D eigenvalue weighted by molar-refractivity contribution is 7.98. The number of aromatic nitrogens is 1. The molecule has 122 valence electrons. The van der Waals surface area contributed by atoms with Crippen LogP contribution in [-0.2, 0) is 10.5 Å². The first kappa shape index (κ1) is 17.5. The minimum Gasteiger partial charge on any atom is -0.325 e. The SMILES string of the molecule is CC(C)(C)[C@H](N)C(=O)Nc1ccc(SCc2cccnc2)cc1. The van der Waals surface area contributed by atoms with E-state index in [0.717, 1.165) is 16.3 Å². The minimum absolute atomic E-state index is 0.159. The number of carbonyl (C=O) groups is 1. The quantitative estimate of drug-likeness (QED) is 0.821. The summed E-state index contributed by atoms with van der Waals surface area (Å²) >= 11 is 1.73. The Balaban J connectivity index is 1.91. The Kier molecular flexibility index (Phi) is 5.80. The summed E-state index contributed by atoms with van der Waals surface area (Å²) in [4.78, 5) is 17.4. The van der Waals surface area contributed by atoms with Gasteiger partial charge in [0.25, 0.3) is 0 Å². The van der Waals surface area contributed by atoms with Crippen molar-refractivity contribution in [3.8, 4) is 0 Å². The molecule has 0 aliphatic rings. The fraction of sp³-hybridized carbons (Fsp3) is 0.333. The Bertz CT molecular complexity index is 636. The number of pyridine rings is 1. The molecule has 0 bridgehead atoms. The van der Waals surface area contributed by atoms with Crippen LogP contribution in [0.5, 0.6) is 0 Å². The standard InChI is InChI=1S/C18H23N3OS/c1-18(2,3)16(19)17(22)21-14-6-8-15(9-7-14)23-12-13-5-4-10-20-11-13/h4-11,16H,12,19H2,1-3H3,(H,21,22)/t16-/m1/s1. The molecule has 2 aromatic rings. The van der Waals surface area contributed by atoms with Crippen molar-refractivity contribution in [3.05, 3.63) is 54.4 Å². The number of carbonyl (C=O) groups excluding carboxylic acids is 1. The first-order chi connectivity index (χ1) is 10.9. The maximum Gasteiger partial charge on any atom is 0.241 e. The zero-order valence-corrected chi connectivity index (χ0v) is 14.6. The molecule has 4 nitrogen and oxygen atoms in total. The van der Waals surface area contributed by atoms with Crippen molar-refractivity contribution in [2.24, 2.45) is 11.1 Å². The van der Waals surface area contributed by atoms with Crippen LogP contribution in [0.4, 0.5) is 5.69 Å². The van der Waals surface area contributed by atoms with Crippen LogP contribution in [0.25, 0.3) is 0 Å². The molecule has 2 rings (SSSR count). The summed E-state index contributed by atoms with van der Waals surface area (Å²) in [6.07, 6.45) is 3.64. The number of hydrogen-bond donors (Lipinski definition) is 2. The summed E-state index contributed by atoms with van der Waals surface area (Å²) in [6.45, 7) is 5.86. The molecule has 5 heteroatoms. The fourth-order valence-electron chi connectivity index (χ4n) is 1.90. The maximum absolute atomic E-state index is 12.1. The van der Waals surface area contributed by atoms with Crippen molar-refractivity contribution in [2.75, 3.05) is 5.32 Å². The Labute approximate surface area is 141 Å². The van der Waals surface area contributed by atoms with Gasteiger partial charge in [0.1, 0.15) is 0 Å². The molecule has 0 aliphatic carbocycles. The van der Waals surface area contributed by atoms with Crippen LogP contribution in [0.2, 0.25) is 0 Å². The molecular formula is C18H23N3OS. The lowest BCUT2D eigenvalue weighted by Crippen LogP contribution is -2.45. The molecule has 0 saturated carbocycles. The average Bonchev–Trinajstić information content (AvgIpc) is 2.53. The molecule has 1 amide bonds. The molecule has 0 aliphatic heterocycles. The van der Waals surface area contributed by atoms with Crippen molar-refractivity contribution in [3.63, 3.8) is 0 Å². The Morgan fingerprint density at radius 2 is 1.96 bits per heavy atom. The van der Waals surface area contributed by atoms with E-state index in [0.29, 0.717) is 0 Å². The molecule has 1 atom stereocenters. The lowest BCUT2D eigenvalue weighted by molar-refractivity contribution is -0.119. The number of nitrogens with one attached hydrogen (secondary N) is 1. The highest BCUT2D eigenvalue weighted by atomic mass is 32.2. The monoisotopic (exact) mass is 329 g/mol. The first-order valence-electron chi connectivity index (χ1n) is 7.54. The number of amides is 1. The lowest BCUT2D eigenvalue weighted by Gasteiger charge is -2.25. The van der Waals surface area contributed by atoms with E-state index in [4.69, 9.17) is 5.73 Å². The van der Waals surface area contributed by atoms with Crippen LogP contribution in [0, 0.1) is 5.41 Å². The van der Waals surface area contributed by atoms with E-state index >= 15 is 0 Å². The van der Waals surface area contributed by atoms with Gasteiger partial charge in [0.05, 0.1) is 6.04 Å². The number of benzene rings is 1. The summed E-state index contributed by atoms with van der Waals surface area (Å²) < 4.78 is 0. The molecule has 0 spiro atoms. The second kappa shape index (κ2) is 7.62. The molecule has 1 aromatic carbocycles. The molecule has 0 fully saturated rings. The highest BCUT2D eigenvalue weighted by Gasteiger charge is 2.27. The second-order valence-electron chi connectivity index (χ2n) is 6.51. The topological polar surface area (TPSA) is 68.0 Å². The number of anilines is 1. The molecule has 3 N–H and O–H groups in total. The van der Waals surface area contributed by atoms with Crippen LogP contribution in [0.15, 0.2) is 53.7 Å². The Morgan fingerprint density at radius 3 is 2.52 bits per heavy atom. The van der Waals surface area contributed by atoms with E-state index < -0.39 is 6.04 Å². The maximum atomic E-state index is 12.1. The van der Waals surface area contributed by atoms with Crippen molar-refractivity contribution >= 4 is 23.4 Å². The van der Waals surface area contributed by atoms with E-state index in [1.165, 1.54) is 5.56 Å². The summed E-state index contributed by atoms with van der Waals surface area (Å²) in [5.74, 6) is 0.710. The molecule has 1 aromatic heterocycles. The van der Waals surface area contributed by atoms with Gasteiger partial charge < -0.3 is 11.1 Å². The predicted octanol–water partition coefficient (Wildman–Crippen LogP) is 3.69. The zero-order chi connectivity index (χ0) is 16.9. The number of thioether (sulfide) groups is 1. The van der Waals surface area contributed by atoms with Gasteiger partial charge in [-0.3, -0.25) is 9.78 Å². The van der Waals surface area contributed by atoms with Gasteiger partial charge in [0.15, 0.2) is 0 Å². The summed E-state index contributed by atoms with van der Waals surface area (Å²) in [6, 6.07) is 11.3. The predicted molar refractivity (Wildman–Crippen MR) is 96.3 cm³/mol. The van der Waals surface area contributed by atoms with E-state index in [-0.39, 0.29) is 11.3 Å². The fourth-order valence-corrected chi connectivity index (χ4v) is 2.73. The molecule has 0 unspecified atom stereocenters. The van der Waals surface area contributed by atoms with Crippen LogP contribution < -0.4 is 11.1 Å². The smallest absolute Gasteiger partial charge is 0.241 e. The van der Waals surface area contributed by atoms with Gasteiger partial charge in [0, 0.05) is 28.7 Å². The van der Waals surface area contributed by atoms with E-state index in [1.54, 1.807) is 18.0 Å². The summed E-state index contributed by atoms with van der Waals surface area (Å²) in [5.41, 5.74) is 7.65. The lowest BCUT2D eigenvalue weighted by atomic mass is 9.87. The van der Waals surface area contributed by atoms with Gasteiger partial charge in [-0.15, -0.1) is 11.8 Å². The van der Waals surface area contributed by atoms with Crippen LogP contribution in [0.3, 0.4) is 0 Å². The first-order valence-corrected chi connectivity index (χ1v) is 8.53. The van der Waals surface area contributed by atoms with Gasteiger partial charge in [-0.1, -0.05) is 26.8 Å². The van der Waals surface area contributed by atoms with E-state index in [9.17, 15) is 4.79 Å². The van der Waals surface area contributed by atoms with Crippen molar-refractivity contribution in [2.45, 2.75) is 37.5 Å². The van der Waals surface area contributed by atoms with Crippen molar-refractivity contribution < 1.29 is 4.79 Å². The van der Waals surface area contributed by atoms with Crippen molar-refractivity contribution in [1.29, 1.82) is 0 Å². The van der Waals surface area contributed by atoms with Gasteiger partial charge >= 0.3 is 0 Å². The van der Waals surface area contributed by atoms with E-state index in [1.807, 2.05) is 57.3 Å². The van der Waals surface area contributed by atoms with Gasteiger partial charge in [-0.2, -0.15) is 0 Å². The number of nitrogens with zero attached hydrogens (tertiary/aromatic N) is 1. The zero-order valence-electron chi connectivity index (χ0n) is 13.7. The van der Waals surface area contributed by atoms with Crippen molar-refractivity contribution in [1.82, 2.24) is 4.98 Å². The average molecular weight is 329 g/mol. The molecule has 0 saturated heterocycles. The summed E-state index contributed by atoms with van der Waals surface area (Å²) in [7, 11) is 0. The van der Waals surface area contributed by atoms with Gasteiger partial charge in [-0.25, -0.2) is 0 Å². The van der Waals surface area contributed by atoms with Crippen LogP contribution in [0.1, 0.15) is 26.3 Å². The number of rotatable bonds is 5. The van der Waals surface area contributed by atoms with Crippen LogP contribution in [-0.4, -0.2) is 16.9 Å². The van der Waals surface area contributed by atoms with Gasteiger partial charge in [-0.05, 0) is 41.3 Å². The molecular weight excluding hydrogens is 306 g/mol. The van der Waals surface area contributed by atoms with Crippen LogP contribution >= 0.6 is 11.8 Å². The third kappa shape index (κ3) is 5.37. The largest absolute Gasteiger partial charge is 0.325 e. The normalized spacial score (nSPS) is 12.7. The minimum atomic E-state index is -0.540. The van der Waals surface area contributed by atoms with E-state index in [2.05, 4.69) is 16.4 Å². The highest BCUT2D eigenvalue weighted by Crippen LogP contribution is 2.24. The third-order valence-corrected chi connectivity index (χ3v) is 4.55. The Morgan fingerprint density at radius 1 is 1.26 bits per heavy atom. The second-order valence-corrected chi connectivity index (χ2v) is 7.56. The number of hydrogen-bond acceptors (Lipinski definition) is 4.